The third-order valence-electron chi connectivity index (χ3n) is 2.65. The summed E-state index contributed by atoms with van der Waals surface area (Å²) in [5.74, 6) is 2.79. The first-order chi connectivity index (χ1) is 6.36. The van der Waals surface area contributed by atoms with Gasteiger partial charge in [-0.1, -0.05) is 12.2 Å². The van der Waals surface area contributed by atoms with E-state index in [2.05, 4.69) is 17.5 Å². The molecule has 2 nitrogen and oxygen atoms in total. The highest BCUT2D eigenvalue weighted by atomic mass is 32.2. The van der Waals surface area contributed by atoms with Crippen LogP contribution >= 0.6 is 11.8 Å². The summed E-state index contributed by atoms with van der Waals surface area (Å²) in [7, 11) is 0. The molecule has 1 saturated heterocycles. The number of rotatable bonds is 2. The number of hydrogen-bond acceptors (Lipinski definition) is 2. The van der Waals surface area contributed by atoms with Crippen molar-refractivity contribution < 1.29 is 4.79 Å². The lowest BCUT2D eigenvalue weighted by molar-refractivity contribution is -0.125. The molecule has 13 heavy (non-hydrogen) atoms. The summed E-state index contributed by atoms with van der Waals surface area (Å²) in [5, 5.41) is 3.12. The summed E-state index contributed by atoms with van der Waals surface area (Å²) in [6, 6.07) is 0.443. The molecule has 0 saturated carbocycles. The van der Waals surface area contributed by atoms with Crippen molar-refractivity contribution in [2.75, 3.05) is 11.5 Å². The molecule has 2 rings (SSSR count). The van der Waals surface area contributed by atoms with Gasteiger partial charge >= 0.3 is 0 Å². The van der Waals surface area contributed by atoms with Crippen molar-refractivity contribution in [2.45, 2.75) is 25.3 Å². The molecule has 1 unspecified atom stereocenters. The van der Waals surface area contributed by atoms with Crippen molar-refractivity contribution in [3.8, 4) is 0 Å². The van der Waals surface area contributed by atoms with E-state index in [1.807, 2.05) is 11.8 Å². The highest BCUT2D eigenvalue weighted by Gasteiger charge is 2.23. The summed E-state index contributed by atoms with van der Waals surface area (Å²) >= 11 is 1.94. The predicted molar refractivity (Wildman–Crippen MR) is 55.7 cm³/mol. The second kappa shape index (κ2) is 4.18. The van der Waals surface area contributed by atoms with Gasteiger partial charge in [0.25, 0.3) is 0 Å². The molecule has 1 heterocycles. The van der Waals surface area contributed by atoms with Gasteiger partial charge in [-0.25, -0.2) is 0 Å². The van der Waals surface area contributed by atoms with Gasteiger partial charge in [-0.15, -0.1) is 0 Å². The fourth-order valence-corrected chi connectivity index (χ4v) is 2.95. The van der Waals surface area contributed by atoms with Crippen LogP contribution in [0.4, 0.5) is 0 Å². The van der Waals surface area contributed by atoms with E-state index in [4.69, 9.17) is 0 Å². The quantitative estimate of drug-likeness (QED) is 0.681. The summed E-state index contributed by atoms with van der Waals surface area (Å²) in [5.41, 5.74) is 0. The maximum atomic E-state index is 11.6. The zero-order chi connectivity index (χ0) is 9.10. The van der Waals surface area contributed by atoms with E-state index in [1.165, 1.54) is 5.75 Å². The lowest BCUT2D eigenvalue weighted by atomic mass is 10.1. The Labute approximate surface area is 83.2 Å². The maximum Gasteiger partial charge on any atom is 0.223 e. The summed E-state index contributed by atoms with van der Waals surface area (Å²) in [6.07, 6.45) is 7.23. The van der Waals surface area contributed by atoms with Crippen molar-refractivity contribution in [1.82, 2.24) is 5.32 Å². The third kappa shape index (κ3) is 2.27. The summed E-state index contributed by atoms with van der Waals surface area (Å²) in [6.45, 7) is 0. The molecule has 0 spiro atoms. The average molecular weight is 197 g/mol. The molecule has 1 atom stereocenters. The molecule has 0 bridgehead atoms. The Bertz CT molecular complexity index is 213. The number of thioether (sulfide) groups is 1. The number of allylic oxidation sites excluding steroid dienone is 2. The van der Waals surface area contributed by atoms with E-state index in [0.717, 1.165) is 25.0 Å². The molecule has 1 fully saturated rings. The van der Waals surface area contributed by atoms with Gasteiger partial charge in [0.15, 0.2) is 0 Å². The van der Waals surface area contributed by atoms with Crippen LogP contribution in [0.15, 0.2) is 12.2 Å². The Balaban J connectivity index is 1.77. The highest BCUT2D eigenvalue weighted by molar-refractivity contribution is 7.99. The van der Waals surface area contributed by atoms with E-state index in [9.17, 15) is 4.79 Å². The molecule has 1 amide bonds. The number of nitrogens with one attached hydrogen (secondary N) is 1. The number of carbonyl (C=O) groups is 1. The van der Waals surface area contributed by atoms with Gasteiger partial charge in [0.2, 0.25) is 5.91 Å². The molecule has 1 N–H and O–H groups in total. The van der Waals surface area contributed by atoms with E-state index in [-0.39, 0.29) is 11.8 Å². The lowest BCUT2D eigenvalue weighted by Crippen LogP contribution is -2.38. The molecule has 1 aliphatic heterocycles. The van der Waals surface area contributed by atoms with Crippen molar-refractivity contribution in [1.29, 1.82) is 0 Å². The Morgan fingerprint density at radius 3 is 2.77 bits per heavy atom. The van der Waals surface area contributed by atoms with Gasteiger partial charge in [0.05, 0.1) is 0 Å². The molecule has 1 aliphatic carbocycles. The Kier molecular flexibility index (Phi) is 2.94. The van der Waals surface area contributed by atoms with Gasteiger partial charge in [-0.05, 0) is 25.0 Å². The largest absolute Gasteiger partial charge is 0.352 e. The molecule has 0 aromatic rings. The highest BCUT2D eigenvalue weighted by Crippen LogP contribution is 2.21. The first-order valence-corrected chi connectivity index (χ1v) is 6.05. The molecule has 3 heteroatoms. The van der Waals surface area contributed by atoms with Crippen LogP contribution in [0.1, 0.15) is 19.3 Å². The van der Waals surface area contributed by atoms with Crippen LogP contribution in [0.5, 0.6) is 0 Å². The zero-order valence-corrected chi connectivity index (χ0v) is 8.48. The van der Waals surface area contributed by atoms with Crippen LogP contribution in [-0.2, 0) is 4.79 Å². The van der Waals surface area contributed by atoms with Crippen molar-refractivity contribution in [2.24, 2.45) is 5.92 Å². The first kappa shape index (κ1) is 9.13. The fourth-order valence-electron chi connectivity index (χ4n) is 1.80. The van der Waals surface area contributed by atoms with Crippen molar-refractivity contribution >= 4 is 17.7 Å². The van der Waals surface area contributed by atoms with Gasteiger partial charge in [0, 0.05) is 17.7 Å². The van der Waals surface area contributed by atoms with Crippen LogP contribution in [0.25, 0.3) is 0 Å². The van der Waals surface area contributed by atoms with Crippen LogP contribution in [-0.4, -0.2) is 23.5 Å². The molecule has 72 valence electrons. The minimum atomic E-state index is 0.227. The molecule has 0 aromatic carbocycles. The monoisotopic (exact) mass is 197 g/mol. The van der Waals surface area contributed by atoms with Gasteiger partial charge in [-0.3, -0.25) is 4.79 Å². The zero-order valence-electron chi connectivity index (χ0n) is 7.66. The van der Waals surface area contributed by atoms with E-state index >= 15 is 0 Å². The van der Waals surface area contributed by atoms with Crippen molar-refractivity contribution in [3.63, 3.8) is 0 Å². The van der Waals surface area contributed by atoms with Gasteiger partial charge in [-0.2, -0.15) is 11.8 Å². The third-order valence-corrected chi connectivity index (χ3v) is 3.82. The number of amides is 1. The van der Waals surface area contributed by atoms with Crippen molar-refractivity contribution in [3.05, 3.63) is 12.2 Å². The Morgan fingerprint density at radius 1 is 1.38 bits per heavy atom. The SMILES string of the molecule is O=C(NC1CCSC1)C1CC=CC1. The number of carbonyl (C=O) groups excluding carboxylic acids is 1. The van der Waals surface area contributed by atoms with Crippen LogP contribution in [0.2, 0.25) is 0 Å². The lowest BCUT2D eigenvalue weighted by Gasteiger charge is -2.14. The second-order valence-corrected chi connectivity index (χ2v) is 4.86. The van der Waals surface area contributed by atoms with E-state index < -0.39 is 0 Å². The van der Waals surface area contributed by atoms with Gasteiger partial charge in [0.1, 0.15) is 0 Å². The smallest absolute Gasteiger partial charge is 0.223 e. The Hall–Kier alpha value is -0.440. The first-order valence-electron chi connectivity index (χ1n) is 4.89. The van der Waals surface area contributed by atoms with E-state index in [1.54, 1.807) is 0 Å². The number of hydrogen-bond donors (Lipinski definition) is 1. The minimum absolute atomic E-state index is 0.227. The van der Waals surface area contributed by atoms with E-state index in [0.29, 0.717) is 6.04 Å². The average Bonchev–Trinajstić information content (AvgIpc) is 2.74. The standard InChI is InChI=1S/C10H15NOS/c12-10(8-3-1-2-4-8)11-9-5-6-13-7-9/h1-2,8-9H,3-7H2,(H,11,12). The van der Waals surface area contributed by atoms with Crippen LogP contribution in [0.3, 0.4) is 0 Å². The molecular formula is C10H15NOS. The topological polar surface area (TPSA) is 29.1 Å². The minimum Gasteiger partial charge on any atom is -0.352 e. The normalized spacial score (nSPS) is 28.2. The molecule has 0 aromatic heterocycles. The summed E-state index contributed by atoms with van der Waals surface area (Å²) in [4.78, 5) is 11.6. The second-order valence-electron chi connectivity index (χ2n) is 3.71. The molecular weight excluding hydrogens is 182 g/mol. The van der Waals surface area contributed by atoms with Gasteiger partial charge < -0.3 is 5.32 Å². The predicted octanol–water partition coefficient (Wildman–Crippen LogP) is 1.57. The fraction of sp³-hybridized carbons (Fsp3) is 0.700. The van der Waals surface area contributed by atoms with Crippen LogP contribution in [0, 0.1) is 5.92 Å². The van der Waals surface area contributed by atoms with Crippen LogP contribution < -0.4 is 5.32 Å². The molecule has 2 aliphatic rings. The summed E-state index contributed by atoms with van der Waals surface area (Å²) < 4.78 is 0. The maximum absolute atomic E-state index is 11.6. The molecule has 0 radical (unpaired) electrons. The Morgan fingerprint density at radius 2 is 2.15 bits per heavy atom.